The third-order valence-electron chi connectivity index (χ3n) is 4.47. The topological polar surface area (TPSA) is 98.7 Å². The largest absolute Gasteiger partial charge is 0.481 e. The molecule has 0 aromatic carbocycles. The molecule has 0 spiro atoms. The Morgan fingerprint density at radius 1 is 1.14 bits per heavy atom. The lowest BCUT2D eigenvalue weighted by atomic mass is 9.98. The van der Waals surface area contributed by atoms with Crippen LogP contribution in [0.4, 0.5) is 4.79 Å². The van der Waals surface area contributed by atoms with Gasteiger partial charge in [-0.2, -0.15) is 0 Å². The van der Waals surface area contributed by atoms with Gasteiger partial charge in [0.1, 0.15) is 0 Å². The lowest BCUT2D eigenvalue weighted by molar-refractivity contribution is -0.143. The normalized spacial score (nSPS) is 29.0. The first-order valence-corrected chi connectivity index (χ1v) is 7.52. The van der Waals surface area contributed by atoms with E-state index >= 15 is 0 Å². The van der Waals surface area contributed by atoms with Crippen molar-refractivity contribution in [1.29, 1.82) is 0 Å². The summed E-state index contributed by atoms with van der Waals surface area (Å²) in [7, 11) is 1.60. The molecule has 3 atom stereocenters. The van der Waals surface area contributed by atoms with Crippen LogP contribution in [-0.4, -0.2) is 54.1 Å². The molecule has 1 aliphatic carbocycles. The van der Waals surface area contributed by atoms with Crippen LogP contribution < -0.4 is 10.6 Å². The van der Waals surface area contributed by atoms with Gasteiger partial charge >= 0.3 is 12.0 Å². The lowest BCUT2D eigenvalue weighted by Gasteiger charge is -2.32. The van der Waals surface area contributed by atoms with E-state index in [1.54, 1.807) is 11.9 Å². The number of carboxylic acids is 1. The molecule has 1 saturated heterocycles. The van der Waals surface area contributed by atoms with Crippen molar-refractivity contribution in [3.63, 3.8) is 0 Å². The van der Waals surface area contributed by atoms with Gasteiger partial charge in [-0.1, -0.05) is 6.42 Å². The molecule has 7 nitrogen and oxygen atoms in total. The minimum absolute atomic E-state index is 0.0418. The first-order valence-electron chi connectivity index (χ1n) is 7.52. The van der Waals surface area contributed by atoms with E-state index in [4.69, 9.17) is 5.11 Å². The zero-order valence-electron chi connectivity index (χ0n) is 12.3. The van der Waals surface area contributed by atoms with E-state index in [2.05, 4.69) is 10.6 Å². The molecule has 1 saturated carbocycles. The number of nitrogens with one attached hydrogen (secondary N) is 2. The van der Waals surface area contributed by atoms with Crippen LogP contribution in [0.5, 0.6) is 0 Å². The molecule has 1 heterocycles. The molecule has 0 aromatic heterocycles. The Morgan fingerprint density at radius 2 is 1.90 bits per heavy atom. The summed E-state index contributed by atoms with van der Waals surface area (Å²) in [5, 5.41) is 14.6. The Labute approximate surface area is 124 Å². The fourth-order valence-electron chi connectivity index (χ4n) is 3.25. The third kappa shape index (κ3) is 3.65. The summed E-state index contributed by atoms with van der Waals surface area (Å²) in [5.41, 5.74) is 0. The van der Waals surface area contributed by atoms with Crippen LogP contribution >= 0.6 is 0 Å². The van der Waals surface area contributed by atoms with Gasteiger partial charge in [0.15, 0.2) is 0 Å². The summed E-state index contributed by atoms with van der Waals surface area (Å²) >= 11 is 0. The minimum Gasteiger partial charge on any atom is -0.481 e. The number of piperidine rings is 1. The first-order chi connectivity index (χ1) is 10.0. The highest BCUT2D eigenvalue weighted by Crippen LogP contribution is 2.26. The van der Waals surface area contributed by atoms with Crippen LogP contribution in [0.1, 0.15) is 32.1 Å². The van der Waals surface area contributed by atoms with Crippen LogP contribution in [0.3, 0.4) is 0 Å². The van der Waals surface area contributed by atoms with E-state index in [-0.39, 0.29) is 30.4 Å². The number of carboxylic acid groups (broad SMARTS) is 1. The number of rotatable bonds is 3. The van der Waals surface area contributed by atoms with E-state index < -0.39 is 11.9 Å². The van der Waals surface area contributed by atoms with Crippen LogP contribution in [0, 0.1) is 11.8 Å². The Morgan fingerprint density at radius 3 is 2.57 bits per heavy atom. The van der Waals surface area contributed by atoms with Gasteiger partial charge in [0.2, 0.25) is 5.91 Å². The van der Waals surface area contributed by atoms with Gasteiger partial charge < -0.3 is 20.6 Å². The highest BCUT2D eigenvalue weighted by Gasteiger charge is 2.35. The van der Waals surface area contributed by atoms with Gasteiger partial charge in [-0.05, 0) is 25.7 Å². The Bertz CT molecular complexity index is 426. The average molecular weight is 297 g/mol. The number of carbonyl (C=O) groups is 3. The van der Waals surface area contributed by atoms with Gasteiger partial charge in [-0.3, -0.25) is 9.59 Å². The quantitative estimate of drug-likeness (QED) is 0.702. The molecule has 2 fully saturated rings. The summed E-state index contributed by atoms with van der Waals surface area (Å²) < 4.78 is 0. The van der Waals surface area contributed by atoms with Gasteiger partial charge in [0.25, 0.3) is 0 Å². The lowest BCUT2D eigenvalue weighted by Crippen LogP contribution is -2.51. The van der Waals surface area contributed by atoms with Crippen molar-refractivity contribution in [1.82, 2.24) is 15.5 Å². The van der Waals surface area contributed by atoms with Crippen LogP contribution in [0.25, 0.3) is 0 Å². The van der Waals surface area contributed by atoms with E-state index in [9.17, 15) is 14.4 Å². The minimum atomic E-state index is -0.850. The number of hydrogen-bond donors (Lipinski definition) is 3. The summed E-state index contributed by atoms with van der Waals surface area (Å²) in [6.45, 7) is 0.825. The first kappa shape index (κ1) is 15.6. The molecular formula is C14H23N3O4. The van der Waals surface area contributed by atoms with E-state index in [0.29, 0.717) is 19.4 Å². The molecule has 0 radical (unpaired) electrons. The predicted octanol–water partition coefficient (Wildman–Crippen LogP) is 0.407. The number of urea groups is 1. The Kier molecular flexibility index (Phi) is 5.03. The fraction of sp³-hybridized carbons (Fsp3) is 0.786. The molecular weight excluding hydrogens is 274 g/mol. The number of aliphatic carboxylic acids is 1. The van der Waals surface area contributed by atoms with Crippen LogP contribution in [0.15, 0.2) is 0 Å². The van der Waals surface area contributed by atoms with Crippen molar-refractivity contribution in [3.8, 4) is 0 Å². The summed E-state index contributed by atoms with van der Waals surface area (Å²) in [6, 6.07) is -0.399. The Balaban J connectivity index is 1.91. The highest BCUT2D eigenvalue weighted by atomic mass is 16.4. The smallest absolute Gasteiger partial charge is 0.317 e. The molecule has 0 bridgehead atoms. The average Bonchev–Trinajstić information content (AvgIpc) is 2.94. The second-order valence-corrected chi connectivity index (χ2v) is 5.83. The molecule has 3 amide bonds. The second-order valence-electron chi connectivity index (χ2n) is 5.83. The van der Waals surface area contributed by atoms with E-state index in [1.807, 2.05) is 0 Å². The number of carbonyl (C=O) groups excluding carboxylic acids is 2. The maximum atomic E-state index is 12.3. The second kappa shape index (κ2) is 6.78. The Hall–Kier alpha value is -1.79. The number of likely N-dealkylation sites (tertiary alicyclic amines) is 1. The number of hydrogen-bond acceptors (Lipinski definition) is 3. The van der Waals surface area contributed by atoms with Gasteiger partial charge in [-0.25, -0.2) is 4.79 Å². The summed E-state index contributed by atoms with van der Waals surface area (Å²) in [6.07, 6.45) is 3.81. The molecule has 2 aliphatic rings. The van der Waals surface area contributed by atoms with Crippen molar-refractivity contribution < 1.29 is 19.5 Å². The van der Waals surface area contributed by atoms with E-state index in [0.717, 1.165) is 19.3 Å². The fourth-order valence-corrected chi connectivity index (χ4v) is 3.25. The highest BCUT2D eigenvalue weighted by molar-refractivity contribution is 5.81. The van der Waals surface area contributed by atoms with Gasteiger partial charge in [0, 0.05) is 26.2 Å². The van der Waals surface area contributed by atoms with Crippen molar-refractivity contribution in [3.05, 3.63) is 0 Å². The molecule has 1 aliphatic heterocycles. The molecule has 3 N–H and O–H groups in total. The van der Waals surface area contributed by atoms with E-state index in [1.165, 1.54) is 0 Å². The molecule has 7 heteroatoms. The predicted molar refractivity (Wildman–Crippen MR) is 75.7 cm³/mol. The molecule has 118 valence electrons. The maximum absolute atomic E-state index is 12.3. The van der Waals surface area contributed by atoms with Gasteiger partial charge in [-0.15, -0.1) is 0 Å². The van der Waals surface area contributed by atoms with Crippen molar-refractivity contribution in [2.45, 2.75) is 38.1 Å². The van der Waals surface area contributed by atoms with Crippen molar-refractivity contribution in [2.24, 2.45) is 11.8 Å². The monoisotopic (exact) mass is 297 g/mol. The van der Waals surface area contributed by atoms with Crippen LogP contribution in [0.2, 0.25) is 0 Å². The molecule has 0 aromatic rings. The number of amides is 3. The third-order valence-corrected chi connectivity index (χ3v) is 4.47. The molecule has 21 heavy (non-hydrogen) atoms. The summed E-state index contributed by atoms with van der Waals surface area (Å²) in [4.78, 5) is 36.6. The SMILES string of the molecule is CNC(=O)C1CCCC1NC(=O)N1CCCC(C(=O)O)C1. The zero-order chi connectivity index (χ0) is 15.4. The zero-order valence-corrected chi connectivity index (χ0v) is 12.3. The number of nitrogens with zero attached hydrogens (tertiary/aromatic N) is 1. The standard InChI is InChI=1S/C14H23N3O4/c1-15-12(18)10-5-2-6-11(10)16-14(21)17-7-3-4-9(8-17)13(19)20/h9-11H,2-8H2,1H3,(H,15,18)(H,16,21)(H,19,20). The van der Waals surface area contributed by atoms with Crippen molar-refractivity contribution in [2.75, 3.05) is 20.1 Å². The van der Waals surface area contributed by atoms with Gasteiger partial charge in [0.05, 0.1) is 11.8 Å². The molecule has 3 unspecified atom stereocenters. The maximum Gasteiger partial charge on any atom is 0.317 e. The molecule has 2 rings (SSSR count). The van der Waals surface area contributed by atoms with Crippen LogP contribution in [-0.2, 0) is 9.59 Å². The summed E-state index contributed by atoms with van der Waals surface area (Å²) in [5.74, 6) is -1.56. The van der Waals surface area contributed by atoms with Crippen molar-refractivity contribution >= 4 is 17.9 Å².